The molecule has 1 fully saturated rings. The van der Waals surface area contributed by atoms with E-state index in [0.29, 0.717) is 29.2 Å². The lowest BCUT2D eigenvalue weighted by molar-refractivity contribution is -0.115. The lowest BCUT2D eigenvalue weighted by Crippen LogP contribution is -2.40. The van der Waals surface area contributed by atoms with Gasteiger partial charge in [-0.15, -0.1) is 11.3 Å². The Morgan fingerprint density at radius 2 is 1.65 bits per heavy atom. The van der Waals surface area contributed by atoms with E-state index in [9.17, 15) is 18.0 Å². The maximum absolute atomic E-state index is 12.8. The molecular formula is C22H29N3O4S2. The van der Waals surface area contributed by atoms with Crippen molar-refractivity contribution in [1.29, 1.82) is 0 Å². The van der Waals surface area contributed by atoms with Crippen LogP contribution in [-0.2, 0) is 21.2 Å². The number of hydrogen-bond donors (Lipinski definition) is 2. The van der Waals surface area contributed by atoms with Crippen molar-refractivity contribution in [2.75, 3.05) is 18.4 Å². The minimum Gasteiger partial charge on any atom is -0.347 e. The maximum Gasteiger partial charge on any atom is 0.252 e. The first kappa shape index (κ1) is 23.4. The van der Waals surface area contributed by atoms with Crippen LogP contribution in [0, 0.1) is 0 Å². The molecule has 168 valence electrons. The van der Waals surface area contributed by atoms with Crippen molar-refractivity contribution in [3.63, 3.8) is 0 Å². The van der Waals surface area contributed by atoms with Crippen LogP contribution < -0.4 is 10.6 Å². The lowest BCUT2D eigenvalue weighted by atomic mass is 10.1. The highest BCUT2D eigenvalue weighted by molar-refractivity contribution is 7.91. The molecule has 31 heavy (non-hydrogen) atoms. The summed E-state index contributed by atoms with van der Waals surface area (Å²) in [5, 5.41) is 5.68. The van der Waals surface area contributed by atoms with E-state index in [1.54, 1.807) is 36.4 Å². The number of rotatable bonds is 6. The van der Waals surface area contributed by atoms with Gasteiger partial charge < -0.3 is 10.6 Å². The Kier molecular flexibility index (Phi) is 7.18. The van der Waals surface area contributed by atoms with Crippen molar-refractivity contribution in [3.8, 4) is 0 Å². The van der Waals surface area contributed by atoms with Crippen LogP contribution in [-0.4, -0.2) is 43.2 Å². The number of piperidine rings is 1. The van der Waals surface area contributed by atoms with Crippen LogP contribution in [0.25, 0.3) is 0 Å². The molecule has 3 rings (SSSR count). The topological polar surface area (TPSA) is 95.6 Å². The second kappa shape index (κ2) is 9.50. The van der Waals surface area contributed by atoms with E-state index >= 15 is 0 Å². The van der Waals surface area contributed by atoms with E-state index in [1.807, 2.05) is 20.8 Å². The van der Waals surface area contributed by atoms with Gasteiger partial charge in [0.25, 0.3) is 15.9 Å². The first-order chi connectivity index (χ1) is 14.5. The molecule has 0 unspecified atom stereocenters. The summed E-state index contributed by atoms with van der Waals surface area (Å²) in [4.78, 5) is 25.3. The average Bonchev–Trinajstić information content (AvgIpc) is 3.17. The van der Waals surface area contributed by atoms with Crippen LogP contribution in [0.1, 0.15) is 55.3 Å². The number of carbonyl (C=O) groups excluding carboxylic acids is 2. The van der Waals surface area contributed by atoms with Crippen molar-refractivity contribution in [3.05, 3.63) is 46.8 Å². The second-order valence-corrected chi connectivity index (χ2v) is 12.0. The van der Waals surface area contributed by atoms with Gasteiger partial charge in [0.1, 0.15) is 4.21 Å². The monoisotopic (exact) mass is 463 g/mol. The van der Waals surface area contributed by atoms with Gasteiger partial charge in [0.05, 0.1) is 6.42 Å². The Morgan fingerprint density at radius 3 is 2.26 bits per heavy atom. The summed E-state index contributed by atoms with van der Waals surface area (Å²) in [6.07, 6.45) is 2.92. The molecule has 0 bridgehead atoms. The number of hydrogen-bond acceptors (Lipinski definition) is 5. The molecule has 1 aromatic carbocycles. The average molecular weight is 464 g/mol. The Labute approximate surface area is 187 Å². The first-order valence-corrected chi connectivity index (χ1v) is 12.6. The molecule has 0 aliphatic carbocycles. The molecule has 2 aromatic rings. The normalized spacial score (nSPS) is 15.5. The molecule has 2 N–H and O–H groups in total. The summed E-state index contributed by atoms with van der Waals surface area (Å²) in [5.41, 5.74) is 0.763. The highest BCUT2D eigenvalue weighted by atomic mass is 32.2. The van der Waals surface area contributed by atoms with Gasteiger partial charge in [-0.25, -0.2) is 8.42 Å². The van der Waals surface area contributed by atoms with Gasteiger partial charge in [-0.05, 0) is 70.0 Å². The third-order valence-corrected chi connectivity index (χ3v) is 8.25. The number of nitrogens with one attached hydrogen (secondary N) is 2. The molecule has 1 aliphatic heterocycles. The van der Waals surface area contributed by atoms with E-state index in [1.165, 1.54) is 4.31 Å². The molecule has 2 heterocycles. The van der Waals surface area contributed by atoms with Gasteiger partial charge in [-0.2, -0.15) is 4.31 Å². The number of benzene rings is 1. The third-order valence-electron chi connectivity index (χ3n) is 4.80. The zero-order valence-corrected chi connectivity index (χ0v) is 19.7. The van der Waals surface area contributed by atoms with E-state index in [4.69, 9.17) is 0 Å². The SMILES string of the molecule is CC(C)(C)NC(=O)c1ccc(NC(=O)Cc2ccc(S(=O)(=O)N3CCCCC3)s2)cc1. The summed E-state index contributed by atoms with van der Waals surface area (Å²) in [5.74, 6) is -0.415. The molecule has 1 aromatic heterocycles. The van der Waals surface area contributed by atoms with Crippen LogP contribution >= 0.6 is 11.3 Å². The second-order valence-electron chi connectivity index (χ2n) is 8.69. The van der Waals surface area contributed by atoms with E-state index in [0.717, 1.165) is 30.6 Å². The smallest absolute Gasteiger partial charge is 0.252 e. The predicted octanol–water partition coefficient (Wildman–Crippen LogP) is 3.63. The van der Waals surface area contributed by atoms with E-state index in [2.05, 4.69) is 10.6 Å². The first-order valence-electron chi connectivity index (χ1n) is 10.4. The molecule has 7 nitrogen and oxygen atoms in total. The number of nitrogens with zero attached hydrogens (tertiary/aromatic N) is 1. The maximum atomic E-state index is 12.8. The zero-order valence-electron chi connectivity index (χ0n) is 18.1. The van der Waals surface area contributed by atoms with Gasteiger partial charge in [-0.1, -0.05) is 6.42 Å². The van der Waals surface area contributed by atoms with Crippen LogP contribution in [0.2, 0.25) is 0 Å². The van der Waals surface area contributed by atoms with Crippen molar-refractivity contribution in [2.45, 2.75) is 56.2 Å². The summed E-state index contributed by atoms with van der Waals surface area (Å²) in [6.45, 7) is 6.84. The van der Waals surface area contributed by atoms with Gasteiger partial charge in [0.2, 0.25) is 5.91 Å². The van der Waals surface area contributed by atoms with Crippen molar-refractivity contribution < 1.29 is 18.0 Å². The van der Waals surface area contributed by atoms with Crippen molar-refractivity contribution in [2.24, 2.45) is 0 Å². The molecule has 0 radical (unpaired) electrons. The molecule has 0 atom stereocenters. The van der Waals surface area contributed by atoms with Gasteiger partial charge in [0.15, 0.2) is 0 Å². The van der Waals surface area contributed by atoms with Crippen LogP contribution in [0.5, 0.6) is 0 Å². The quantitative estimate of drug-likeness (QED) is 0.684. The molecule has 1 aliphatic rings. The van der Waals surface area contributed by atoms with Crippen LogP contribution in [0.3, 0.4) is 0 Å². The Balaban J connectivity index is 1.58. The number of sulfonamides is 1. The predicted molar refractivity (Wildman–Crippen MR) is 123 cm³/mol. The Hall–Kier alpha value is -2.23. The fraction of sp³-hybridized carbons (Fsp3) is 0.455. The largest absolute Gasteiger partial charge is 0.347 e. The summed E-state index contributed by atoms with van der Waals surface area (Å²) >= 11 is 1.14. The van der Waals surface area contributed by atoms with Crippen LogP contribution in [0.4, 0.5) is 5.69 Å². The zero-order chi connectivity index (χ0) is 22.6. The Bertz CT molecular complexity index is 1030. The molecule has 0 spiro atoms. The van der Waals surface area contributed by atoms with Gasteiger partial charge >= 0.3 is 0 Å². The highest BCUT2D eigenvalue weighted by Gasteiger charge is 2.27. The minimum absolute atomic E-state index is 0.0897. The fourth-order valence-electron chi connectivity index (χ4n) is 3.31. The Morgan fingerprint density at radius 1 is 1.00 bits per heavy atom. The fourth-order valence-corrected chi connectivity index (χ4v) is 6.33. The molecule has 0 saturated carbocycles. The van der Waals surface area contributed by atoms with Crippen molar-refractivity contribution in [1.82, 2.24) is 9.62 Å². The van der Waals surface area contributed by atoms with E-state index in [-0.39, 0.29) is 28.0 Å². The molecule has 2 amide bonds. The summed E-state index contributed by atoms with van der Waals surface area (Å²) in [6, 6.07) is 9.95. The number of anilines is 1. The van der Waals surface area contributed by atoms with Crippen molar-refractivity contribution >= 4 is 38.9 Å². The minimum atomic E-state index is -3.48. The lowest BCUT2D eigenvalue weighted by Gasteiger charge is -2.25. The van der Waals surface area contributed by atoms with E-state index < -0.39 is 10.0 Å². The highest BCUT2D eigenvalue weighted by Crippen LogP contribution is 2.27. The summed E-state index contributed by atoms with van der Waals surface area (Å²) in [7, 11) is -3.48. The number of thiophene rings is 1. The molecule has 9 heteroatoms. The summed E-state index contributed by atoms with van der Waals surface area (Å²) < 4.78 is 27.3. The third kappa shape index (κ3) is 6.38. The number of carbonyl (C=O) groups is 2. The van der Waals surface area contributed by atoms with Crippen LogP contribution in [0.15, 0.2) is 40.6 Å². The van der Waals surface area contributed by atoms with Gasteiger partial charge in [-0.3, -0.25) is 9.59 Å². The van der Waals surface area contributed by atoms with Gasteiger partial charge in [0, 0.05) is 34.8 Å². The number of amides is 2. The molecular weight excluding hydrogens is 434 g/mol. The molecule has 1 saturated heterocycles. The standard InChI is InChI=1S/C22H29N3O4S2/c1-22(2,3)24-21(27)16-7-9-17(10-8-16)23-19(26)15-18-11-12-20(30-18)31(28,29)25-13-5-4-6-14-25/h7-12H,4-6,13-15H2,1-3H3,(H,23,26)(H,24,27).